The highest BCUT2D eigenvalue weighted by molar-refractivity contribution is 6.02. The molecular weight excluding hydrogens is 248 g/mol. The molecule has 0 radical (unpaired) electrons. The fourth-order valence-electron chi connectivity index (χ4n) is 3.19. The van der Waals surface area contributed by atoms with Gasteiger partial charge < -0.3 is 0 Å². The van der Waals surface area contributed by atoms with Crippen LogP contribution in [0, 0.1) is 17.2 Å². The zero-order valence-corrected chi connectivity index (χ0v) is 11.5. The predicted molar refractivity (Wildman–Crippen MR) is 77.3 cm³/mol. The molecule has 1 aliphatic heterocycles. The number of hydrogen-bond acceptors (Lipinski definition) is 3. The Balaban J connectivity index is 2.18. The van der Waals surface area contributed by atoms with Crippen LogP contribution in [0.25, 0.3) is 0 Å². The summed E-state index contributed by atoms with van der Waals surface area (Å²) in [6.45, 7) is 1.90. The smallest absolute Gasteiger partial charge is 0.161 e. The summed E-state index contributed by atoms with van der Waals surface area (Å²) in [5.74, 6) is -0.323. The fraction of sp³-hybridized carbons (Fsp3) is 0.353. The highest BCUT2D eigenvalue weighted by atomic mass is 16.1. The zero-order chi connectivity index (χ0) is 14.1. The summed E-state index contributed by atoms with van der Waals surface area (Å²) in [4.78, 5) is 16.9. The van der Waals surface area contributed by atoms with Crippen molar-refractivity contribution in [3.05, 3.63) is 47.2 Å². The van der Waals surface area contributed by atoms with E-state index in [2.05, 4.69) is 11.1 Å². The Morgan fingerprint density at radius 1 is 1.25 bits per heavy atom. The Morgan fingerprint density at radius 3 is 2.70 bits per heavy atom. The molecule has 100 valence electrons. The Hall–Kier alpha value is -2.21. The molecule has 0 saturated heterocycles. The first-order chi connectivity index (χ1) is 9.72. The van der Waals surface area contributed by atoms with Crippen LogP contribution in [0.3, 0.4) is 0 Å². The summed E-state index contributed by atoms with van der Waals surface area (Å²) in [6.07, 6.45) is 2.29. The first kappa shape index (κ1) is 12.8. The molecule has 1 aromatic carbocycles. The molecule has 0 spiro atoms. The van der Waals surface area contributed by atoms with Crippen molar-refractivity contribution in [3.63, 3.8) is 0 Å². The molecule has 0 bridgehead atoms. The summed E-state index contributed by atoms with van der Waals surface area (Å²) in [7, 11) is 0. The van der Waals surface area contributed by atoms with Crippen molar-refractivity contribution in [1.29, 1.82) is 5.26 Å². The largest absolute Gasteiger partial charge is 0.294 e. The summed E-state index contributed by atoms with van der Waals surface area (Å²) in [6, 6.07) is 12.2. The number of rotatable bonds is 1. The molecule has 3 nitrogen and oxygen atoms in total. The molecule has 0 fully saturated rings. The maximum Gasteiger partial charge on any atom is 0.161 e. The maximum absolute atomic E-state index is 12.3. The van der Waals surface area contributed by atoms with E-state index in [1.165, 1.54) is 0 Å². The molecule has 0 N–H and O–H groups in total. The van der Waals surface area contributed by atoms with Crippen molar-refractivity contribution in [2.45, 2.75) is 32.1 Å². The maximum atomic E-state index is 12.3. The van der Waals surface area contributed by atoms with Gasteiger partial charge in [0.05, 0.1) is 12.0 Å². The SMILES string of the molecule is CC1=NC2=C(C(=O)CCC2)[C@@H](c2ccccc2)C1C#N. The van der Waals surface area contributed by atoms with Gasteiger partial charge in [0.1, 0.15) is 0 Å². The lowest BCUT2D eigenvalue weighted by atomic mass is 9.72. The van der Waals surface area contributed by atoms with Gasteiger partial charge in [-0.05, 0) is 25.3 Å². The van der Waals surface area contributed by atoms with Crippen LogP contribution in [0.15, 0.2) is 46.6 Å². The predicted octanol–water partition coefficient (Wildman–Crippen LogP) is 3.39. The van der Waals surface area contributed by atoms with E-state index in [9.17, 15) is 10.1 Å². The number of benzene rings is 1. The molecule has 3 rings (SSSR count). The van der Waals surface area contributed by atoms with Crippen LogP contribution >= 0.6 is 0 Å². The van der Waals surface area contributed by atoms with Crippen molar-refractivity contribution >= 4 is 11.5 Å². The van der Waals surface area contributed by atoms with Crippen LogP contribution in [-0.4, -0.2) is 11.5 Å². The molecule has 0 amide bonds. The van der Waals surface area contributed by atoms with Crippen LogP contribution in [0.5, 0.6) is 0 Å². The number of carbonyl (C=O) groups excluding carboxylic acids is 1. The van der Waals surface area contributed by atoms with Crippen LogP contribution in [0.4, 0.5) is 0 Å². The Bertz CT molecular complexity index is 649. The molecule has 1 aromatic rings. The number of aliphatic imine (C=N–C) groups is 1. The summed E-state index contributed by atoms with van der Waals surface area (Å²) >= 11 is 0. The molecule has 20 heavy (non-hydrogen) atoms. The van der Waals surface area contributed by atoms with E-state index in [-0.39, 0.29) is 17.6 Å². The van der Waals surface area contributed by atoms with Crippen LogP contribution < -0.4 is 0 Å². The van der Waals surface area contributed by atoms with E-state index in [1.807, 2.05) is 37.3 Å². The van der Waals surface area contributed by atoms with E-state index in [0.29, 0.717) is 6.42 Å². The lowest BCUT2D eigenvalue weighted by Crippen LogP contribution is -2.30. The molecule has 1 heterocycles. The third-order valence-electron chi connectivity index (χ3n) is 4.13. The second kappa shape index (κ2) is 5.05. The summed E-state index contributed by atoms with van der Waals surface area (Å²) in [5.41, 5.74) is 3.55. The summed E-state index contributed by atoms with van der Waals surface area (Å²) < 4.78 is 0. The highest BCUT2D eigenvalue weighted by Gasteiger charge is 2.38. The van der Waals surface area contributed by atoms with Crippen molar-refractivity contribution in [1.82, 2.24) is 0 Å². The number of allylic oxidation sites excluding steroid dienone is 2. The third-order valence-corrected chi connectivity index (χ3v) is 4.13. The standard InChI is InChI=1S/C17H16N2O/c1-11-13(10-18)16(12-6-3-2-4-7-12)17-14(19-11)8-5-9-15(17)20/h2-4,6-7,13,16H,5,8-9H2,1H3/t13?,16-/m0/s1. The molecule has 1 unspecified atom stereocenters. The van der Waals surface area contributed by atoms with E-state index in [1.54, 1.807) is 0 Å². The lowest BCUT2D eigenvalue weighted by Gasteiger charge is -2.32. The Kier molecular flexibility index (Phi) is 3.23. The van der Waals surface area contributed by atoms with Gasteiger partial charge in [-0.25, -0.2) is 0 Å². The monoisotopic (exact) mass is 264 g/mol. The molecular formula is C17H16N2O. The topological polar surface area (TPSA) is 53.2 Å². The van der Waals surface area contributed by atoms with Crippen LogP contribution in [-0.2, 0) is 4.79 Å². The van der Waals surface area contributed by atoms with Crippen molar-refractivity contribution in [2.24, 2.45) is 10.9 Å². The normalized spacial score (nSPS) is 25.8. The zero-order valence-electron chi connectivity index (χ0n) is 11.5. The number of hydrogen-bond donors (Lipinski definition) is 0. The molecule has 0 aromatic heterocycles. The van der Waals surface area contributed by atoms with Crippen molar-refractivity contribution in [2.75, 3.05) is 0 Å². The lowest BCUT2D eigenvalue weighted by molar-refractivity contribution is -0.116. The van der Waals surface area contributed by atoms with E-state index < -0.39 is 0 Å². The van der Waals surface area contributed by atoms with Gasteiger partial charge in [0.15, 0.2) is 5.78 Å². The van der Waals surface area contributed by atoms with E-state index >= 15 is 0 Å². The number of ketones is 1. The number of Topliss-reactive ketones (excluding diaryl/α,β-unsaturated/α-hetero) is 1. The van der Waals surface area contributed by atoms with E-state index in [4.69, 9.17) is 0 Å². The van der Waals surface area contributed by atoms with Gasteiger partial charge in [-0.3, -0.25) is 9.79 Å². The molecule has 3 heteroatoms. The van der Waals surface area contributed by atoms with E-state index in [0.717, 1.165) is 35.4 Å². The molecule has 2 atom stereocenters. The van der Waals surface area contributed by atoms with Gasteiger partial charge in [0, 0.05) is 29.3 Å². The van der Waals surface area contributed by atoms with Gasteiger partial charge in [0.25, 0.3) is 0 Å². The highest BCUT2D eigenvalue weighted by Crippen LogP contribution is 2.42. The van der Waals surface area contributed by atoms with Crippen molar-refractivity contribution in [3.8, 4) is 6.07 Å². The molecule has 1 aliphatic carbocycles. The number of nitriles is 1. The van der Waals surface area contributed by atoms with Crippen molar-refractivity contribution < 1.29 is 4.79 Å². The van der Waals surface area contributed by atoms with Crippen LogP contribution in [0.1, 0.15) is 37.7 Å². The minimum absolute atomic E-state index is 0.151. The first-order valence-corrected chi connectivity index (χ1v) is 6.98. The fourth-order valence-corrected chi connectivity index (χ4v) is 3.19. The first-order valence-electron chi connectivity index (χ1n) is 6.98. The average molecular weight is 264 g/mol. The average Bonchev–Trinajstić information content (AvgIpc) is 2.47. The molecule has 0 saturated carbocycles. The van der Waals surface area contributed by atoms with Gasteiger partial charge in [-0.2, -0.15) is 5.26 Å². The quantitative estimate of drug-likeness (QED) is 0.780. The van der Waals surface area contributed by atoms with Gasteiger partial charge >= 0.3 is 0 Å². The second-order valence-electron chi connectivity index (χ2n) is 5.39. The van der Waals surface area contributed by atoms with Crippen LogP contribution in [0.2, 0.25) is 0 Å². The van der Waals surface area contributed by atoms with Gasteiger partial charge in [-0.1, -0.05) is 30.3 Å². The summed E-state index contributed by atoms with van der Waals surface area (Å²) in [5, 5.41) is 9.50. The Morgan fingerprint density at radius 2 is 2.00 bits per heavy atom. The minimum Gasteiger partial charge on any atom is -0.294 e. The number of carbonyl (C=O) groups is 1. The van der Waals surface area contributed by atoms with Gasteiger partial charge in [-0.15, -0.1) is 0 Å². The Labute approximate surface area is 118 Å². The third kappa shape index (κ3) is 1.98. The van der Waals surface area contributed by atoms with Gasteiger partial charge in [0.2, 0.25) is 0 Å². The number of nitrogens with zero attached hydrogens (tertiary/aromatic N) is 2. The molecule has 2 aliphatic rings. The minimum atomic E-state index is -0.335. The second-order valence-corrected chi connectivity index (χ2v) is 5.39.